The van der Waals surface area contributed by atoms with Crippen LogP contribution in [0.3, 0.4) is 0 Å². The summed E-state index contributed by atoms with van der Waals surface area (Å²) in [5.41, 5.74) is 0.125. The van der Waals surface area contributed by atoms with Crippen molar-refractivity contribution in [2.75, 3.05) is 5.32 Å². The predicted molar refractivity (Wildman–Crippen MR) is 113 cm³/mol. The number of carbonyl (C=O) groups is 1. The molecule has 0 spiro atoms. The fourth-order valence-corrected chi connectivity index (χ4v) is 3.30. The van der Waals surface area contributed by atoms with Gasteiger partial charge in [0, 0.05) is 16.0 Å². The number of benzene rings is 3. The Labute approximate surface area is 173 Å². The zero-order valence-corrected chi connectivity index (χ0v) is 16.0. The maximum absolute atomic E-state index is 12.7. The number of fused-ring (bicyclic) bond motifs is 3. The van der Waals surface area contributed by atoms with Crippen molar-refractivity contribution in [1.29, 1.82) is 0 Å². The minimum Gasteiger partial charge on any atom is -0.422 e. The van der Waals surface area contributed by atoms with Crippen LogP contribution in [-0.4, -0.2) is 16.1 Å². The van der Waals surface area contributed by atoms with Crippen LogP contribution in [0.15, 0.2) is 80.4 Å². The molecule has 0 saturated heterocycles. The molecule has 8 heteroatoms. The van der Waals surface area contributed by atoms with E-state index < -0.39 is 11.5 Å². The number of rotatable bonds is 3. The molecule has 3 aromatic carbocycles. The fraction of sp³-hybridized carbons (Fsp3) is 0. The zero-order chi connectivity index (χ0) is 20.7. The first-order chi connectivity index (χ1) is 14.6. The summed E-state index contributed by atoms with van der Waals surface area (Å²) in [5, 5.41) is 13.2. The number of aromatic nitrogens is 2. The molecule has 2 heterocycles. The largest absolute Gasteiger partial charge is 0.422 e. The van der Waals surface area contributed by atoms with E-state index in [0.29, 0.717) is 21.6 Å². The van der Waals surface area contributed by atoms with Gasteiger partial charge in [-0.25, -0.2) is 4.79 Å². The molecule has 5 rings (SSSR count). The van der Waals surface area contributed by atoms with Crippen LogP contribution in [0.2, 0.25) is 5.02 Å². The number of amides is 1. The summed E-state index contributed by atoms with van der Waals surface area (Å²) in [6, 6.07) is 19.4. The van der Waals surface area contributed by atoms with Crippen molar-refractivity contribution in [3.05, 3.63) is 87.7 Å². The lowest BCUT2D eigenvalue weighted by Crippen LogP contribution is -2.20. The predicted octanol–water partition coefficient (Wildman–Crippen LogP) is 4.90. The summed E-state index contributed by atoms with van der Waals surface area (Å²) >= 11 is 5.87. The second-order valence-electron chi connectivity index (χ2n) is 6.52. The van der Waals surface area contributed by atoms with E-state index in [9.17, 15) is 9.59 Å². The van der Waals surface area contributed by atoms with Crippen molar-refractivity contribution in [2.24, 2.45) is 0 Å². The van der Waals surface area contributed by atoms with Gasteiger partial charge in [0.05, 0.1) is 0 Å². The molecule has 2 aromatic heterocycles. The van der Waals surface area contributed by atoms with Crippen LogP contribution in [0.25, 0.3) is 33.2 Å². The molecule has 0 unspecified atom stereocenters. The van der Waals surface area contributed by atoms with Gasteiger partial charge >= 0.3 is 11.6 Å². The molecule has 0 aliphatic heterocycles. The van der Waals surface area contributed by atoms with E-state index in [-0.39, 0.29) is 17.5 Å². The molecular weight excluding hydrogens is 406 g/mol. The Hall–Kier alpha value is -3.97. The molecule has 5 aromatic rings. The zero-order valence-electron chi connectivity index (χ0n) is 15.3. The summed E-state index contributed by atoms with van der Waals surface area (Å²) in [7, 11) is 0. The van der Waals surface area contributed by atoms with Crippen molar-refractivity contribution in [1.82, 2.24) is 10.2 Å². The lowest BCUT2D eigenvalue weighted by Gasteiger charge is -2.05. The van der Waals surface area contributed by atoms with Crippen molar-refractivity contribution in [2.45, 2.75) is 0 Å². The van der Waals surface area contributed by atoms with Crippen molar-refractivity contribution in [3.8, 4) is 11.5 Å². The molecule has 146 valence electrons. The third-order valence-electron chi connectivity index (χ3n) is 4.62. The van der Waals surface area contributed by atoms with Crippen molar-refractivity contribution in [3.63, 3.8) is 0 Å². The Kier molecular flexibility index (Phi) is 4.30. The lowest BCUT2D eigenvalue weighted by atomic mass is 10.0. The molecule has 0 atom stereocenters. The molecule has 0 saturated carbocycles. The number of nitrogens with one attached hydrogen (secondary N) is 1. The van der Waals surface area contributed by atoms with Crippen LogP contribution in [0, 0.1) is 0 Å². The van der Waals surface area contributed by atoms with Gasteiger partial charge in [-0.1, -0.05) is 47.0 Å². The van der Waals surface area contributed by atoms with Gasteiger partial charge < -0.3 is 8.83 Å². The Morgan fingerprint density at radius 1 is 0.900 bits per heavy atom. The van der Waals surface area contributed by atoms with Crippen LogP contribution in [0.1, 0.15) is 10.4 Å². The number of carbonyl (C=O) groups excluding carboxylic acids is 1. The second-order valence-corrected chi connectivity index (χ2v) is 6.96. The van der Waals surface area contributed by atoms with Gasteiger partial charge in [0.15, 0.2) is 0 Å². The highest BCUT2D eigenvalue weighted by molar-refractivity contribution is 6.30. The van der Waals surface area contributed by atoms with E-state index in [2.05, 4.69) is 15.5 Å². The first-order valence-electron chi connectivity index (χ1n) is 8.95. The van der Waals surface area contributed by atoms with Crippen LogP contribution >= 0.6 is 11.6 Å². The van der Waals surface area contributed by atoms with Crippen LogP contribution in [-0.2, 0) is 0 Å². The monoisotopic (exact) mass is 417 g/mol. The van der Waals surface area contributed by atoms with Gasteiger partial charge in [-0.05, 0) is 47.2 Å². The lowest BCUT2D eigenvalue weighted by molar-refractivity contribution is 0.102. The summed E-state index contributed by atoms with van der Waals surface area (Å²) in [4.78, 5) is 25.0. The molecule has 0 fully saturated rings. The highest BCUT2D eigenvalue weighted by atomic mass is 35.5. The average molecular weight is 418 g/mol. The summed E-state index contributed by atoms with van der Waals surface area (Å²) in [6.45, 7) is 0. The number of hydrogen-bond donors (Lipinski definition) is 1. The fourth-order valence-electron chi connectivity index (χ4n) is 3.18. The Morgan fingerprint density at radius 3 is 2.53 bits per heavy atom. The quantitative estimate of drug-likeness (QED) is 0.331. The van der Waals surface area contributed by atoms with E-state index in [4.69, 9.17) is 20.4 Å². The number of nitrogens with zero attached hydrogens (tertiary/aromatic N) is 2. The molecule has 0 radical (unpaired) electrons. The average Bonchev–Trinajstić information content (AvgIpc) is 3.22. The number of halogens is 1. The smallest absolute Gasteiger partial charge is 0.349 e. The third-order valence-corrected chi connectivity index (χ3v) is 4.88. The maximum Gasteiger partial charge on any atom is 0.349 e. The van der Waals surface area contributed by atoms with Gasteiger partial charge in [0.1, 0.15) is 11.1 Å². The highest BCUT2D eigenvalue weighted by Gasteiger charge is 2.18. The highest BCUT2D eigenvalue weighted by Crippen LogP contribution is 2.25. The Morgan fingerprint density at radius 2 is 1.70 bits per heavy atom. The SMILES string of the molecule is O=C(Nc1nnc(-c2ccc(Cl)cc2)o1)c1cc2c(ccc3ccccc32)oc1=O. The first-order valence-corrected chi connectivity index (χ1v) is 9.33. The maximum atomic E-state index is 12.7. The Balaban J connectivity index is 1.49. The van der Waals surface area contributed by atoms with Gasteiger partial charge in [0.2, 0.25) is 5.89 Å². The van der Waals surface area contributed by atoms with E-state index in [1.165, 1.54) is 6.07 Å². The molecular formula is C22H12ClN3O4. The minimum atomic E-state index is -0.757. The molecule has 1 N–H and O–H groups in total. The minimum absolute atomic E-state index is 0.137. The molecule has 0 aliphatic carbocycles. The number of hydrogen-bond acceptors (Lipinski definition) is 6. The second kappa shape index (κ2) is 7.13. The van der Waals surface area contributed by atoms with Gasteiger partial charge in [0.25, 0.3) is 5.91 Å². The van der Waals surface area contributed by atoms with E-state index in [1.807, 2.05) is 30.3 Å². The third kappa shape index (κ3) is 3.21. The molecule has 1 amide bonds. The topological polar surface area (TPSA) is 98.2 Å². The molecule has 0 bridgehead atoms. The first kappa shape index (κ1) is 18.1. The van der Waals surface area contributed by atoms with Crippen LogP contribution in [0.4, 0.5) is 6.01 Å². The van der Waals surface area contributed by atoms with Gasteiger partial charge in [-0.2, -0.15) is 0 Å². The van der Waals surface area contributed by atoms with E-state index in [0.717, 1.165) is 10.8 Å². The number of anilines is 1. The van der Waals surface area contributed by atoms with Crippen molar-refractivity contribution >= 4 is 45.3 Å². The van der Waals surface area contributed by atoms with E-state index >= 15 is 0 Å². The van der Waals surface area contributed by atoms with Gasteiger partial charge in [-0.3, -0.25) is 10.1 Å². The van der Waals surface area contributed by atoms with Gasteiger partial charge in [-0.15, -0.1) is 5.10 Å². The van der Waals surface area contributed by atoms with E-state index in [1.54, 1.807) is 30.3 Å². The summed E-state index contributed by atoms with van der Waals surface area (Å²) in [6.07, 6.45) is 0. The molecule has 30 heavy (non-hydrogen) atoms. The standard InChI is InChI=1S/C22H12ClN3O4/c23-14-8-5-13(6-9-14)20-25-26-22(30-20)24-19(27)17-11-16-15-4-2-1-3-12(15)7-10-18(16)29-21(17)28/h1-11H,(H,24,26,27). The Bertz CT molecular complexity index is 1470. The molecule has 0 aliphatic rings. The normalized spacial score (nSPS) is 11.1. The van der Waals surface area contributed by atoms with Crippen molar-refractivity contribution < 1.29 is 13.6 Å². The molecule has 7 nitrogen and oxygen atoms in total. The summed E-state index contributed by atoms with van der Waals surface area (Å²) in [5.74, 6) is -0.497. The van der Waals surface area contributed by atoms with Crippen LogP contribution < -0.4 is 10.9 Å². The van der Waals surface area contributed by atoms with Crippen LogP contribution in [0.5, 0.6) is 0 Å². The summed E-state index contributed by atoms with van der Waals surface area (Å²) < 4.78 is 10.8.